The van der Waals surface area contributed by atoms with Gasteiger partial charge in [-0.25, -0.2) is 4.98 Å². The second kappa shape index (κ2) is 2.87. The van der Waals surface area contributed by atoms with E-state index in [0.717, 1.165) is 16.7 Å². The standard InChI is InChI=1S/C9H6ClN5/c1-5-9-12-13-14-15(9)8-4-6(10)2-3-7(8)11-5/h2-4H,1H3. The summed E-state index contributed by atoms with van der Waals surface area (Å²) in [5.41, 5.74) is 3.10. The fourth-order valence-corrected chi connectivity index (χ4v) is 1.73. The Morgan fingerprint density at radius 2 is 2.20 bits per heavy atom. The highest BCUT2D eigenvalue weighted by Gasteiger charge is 2.08. The molecule has 15 heavy (non-hydrogen) atoms. The molecule has 3 aromatic rings. The Hall–Kier alpha value is -1.75. The van der Waals surface area contributed by atoms with E-state index in [-0.39, 0.29) is 0 Å². The first-order valence-corrected chi connectivity index (χ1v) is 4.77. The number of benzene rings is 1. The number of tetrazole rings is 1. The molecule has 1 aromatic carbocycles. The van der Waals surface area contributed by atoms with Gasteiger partial charge in [-0.15, -0.1) is 5.10 Å². The number of halogens is 1. The molecule has 0 unspecified atom stereocenters. The van der Waals surface area contributed by atoms with Crippen LogP contribution in [0, 0.1) is 6.92 Å². The predicted octanol–water partition coefficient (Wildman–Crippen LogP) is 1.63. The smallest absolute Gasteiger partial charge is 0.201 e. The maximum absolute atomic E-state index is 5.92. The lowest BCUT2D eigenvalue weighted by molar-refractivity contribution is 0.840. The minimum absolute atomic E-state index is 0.643. The van der Waals surface area contributed by atoms with Crippen LogP contribution in [-0.2, 0) is 0 Å². The molecule has 0 radical (unpaired) electrons. The van der Waals surface area contributed by atoms with Crippen LogP contribution in [0.25, 0.3) is 16.7 Å². The molecule has 0 amide bonds. The summed E-state index contributed by atoms with van der Waals surface area (Å²) in [5.74, 6) is 0. The average molecular weight is 220 g/mol. The van der Waals surface area contributed by atoms with Crippen molar-refractivity contribution in [1.82, 2.24) is 25.0 Å². The zero-order valence-corrected chi connectivity index (χ0v) is 8.60. The van der Waals surface area contributed by atoms with Crippen LogP contribution in [0.1, 0.15) is 5.69 Å². The molecule has 0 spiro atoms. The molecule has 0 atom stereocenters. The third kappa shape index (κ3) is 1.16. The minimum Gasteiger partial charge on any atom is -0.247 e. The highest BCUT2D eigenvalue weighted by atomic mass is 35.5. The molecule has 0 saturated carbocycles. The molecular weight excluding hydrogens is 214 g/mol. The fraction of sp³-hybridized carbons (Fsp3) is 0.111. The number of nitrogens with zero attached hydrogens (tertiary/aromatic N) is 5. The molecule has 0 aliphatic carbocycles. The fourth-order valence-electron chi connectivity index (χ4n) is 1.57. The van der Waals surface area contributed by atoms with Crippen LogP contribution in [-0.4, -0.2) is 25.0 Å². The number of hydrogen-bond acceptors (Lipinski definition) is 4. The molecular formula is C9H6ClN5. The molecule has 0 saturated heterocycles. The normalized spacial score (nSPS) is 11.3. The van der Waals surface area contributed by atoms with E-state index in [1.165, 1.54) is 0 Å². The molecule has 0 aliphatic heterocycles. The zero-order valence-electron chi connectivity index (χ0n) is 7.85. The summed E-state index contributed by atoms with van der Waals surface area (Å²) < 4.78 is 1.64. The highest BCUT2D eigenvalue weighted by Crippen LogP contribution is 2.19. The third-order valence-corrected chi connectivity index (χ3v) is 2.48. The van der Waals surface area contributed by atoms with Gasteiger partial charge in [0.25, 0.3) is 0 Å². The Bertz CT molecular complexity index is 660. The SMILES string of the molecule is Cc1nc2ccc(Cl)cc2n2nnnc12. The van der Waals surface area contributed by atoms with Gasteiger partial charge in [0, 0.05) is 5.02 Å². The first-order chi connectivity index (χ1) is 7.25. The summed E-state index contributed by atoms with van der Waals surface area (Å²) in [5, 5.41) is 12.1. The van der Waals surface area contributed by atoms with Gasteiger partial charge in [0.1, 0.15) is 0 Å². The molecule has 2 heterocycles. The Kier molecular flexibility index (Phi) is 1.63. The lowest BCUT2D eigenvalue weighted by Gasteiger charge is -2.01. The lowest BCUT2D eigenvalue weighted by atomic mass is 10.3. The van der Waals surface area contributed by atoms with Crippen molar-refractivity contribution in [3.8, 4) is 0 Å². The van der Waals surface area contributed by atoms with Crippen molar-refractivity contribution in [2.75, 3.05) is 0 Å². The van der Waals surface area contributed by atoms with E-state index in [1.54, 1.807) is 16.6 Å². The van der Waals surface area contributed by atoms with E-state index in [0.29, 0.717) is 10.7 Å². The topological polar surface area (TPSA) is 56.0 Å². The van der Waals surface area contributed by atoms with Crippen LogP contribution in [0.5, 0.6) is 0 Å². The zero-order chi connectivity index (χ0) is 10.4. The second-order valence-electron chi connectivity index (χ2n) is 3.24. The Labute approximate surface area is 89.7 Å². The largest absolute Gasteiger partial charge is 0.247 e. The van der Waals surface area contributed by atoms with Crippen LogP contribution in [0.3, 0.4) is 0 Å². The number of hydrogen-bond donors (Lipinski definition) is 0. The summed E-state index contributed by atoms with van der Waals surface area (Å²) in [6.07, 6.45) is 0. The van der Waals surface area contributed by atoms with Gasteiger partial charge >= 0.3 is 0 Å². The van der Waals surface area contributed by atoms with Crippen LogP contribution >= 0.6 is 11.6 Å². The van der Waals surface area contributed by atoms with E-state index in [2.05, 4.69) is 20.5 Å². The molecule has 5 nitrogen and oxygen atoms in total. The molecule has 0 N–H and O–H groups in total. The first kappa shape index (κ1) is 8.55. The van der Waals surface area contributed by atoms with Gasteiger partial charge in [0.2, 0.25) is 5.65 Å². The maximum Gasteiger partial charge on any atom is 0.201 e. The van der Waals surface area contributed by atoms with Crippen LogP contribution < -0.4 is 0 Å². The molecule has 74 valence electrons. The first-order valence-electron chi connectivity index (χ1n) is 4.40. The average Bonchev–Trinajstić information content (AvgIpc) is 2.69. The van der Waals surface area contributed by atoms with Gasteiger partial charge in [-0.2, -0.15) is 4.52 Å². The Morgan fingerprint density at radius 1 is 1.33 bits per heavy atom. The highest BCUT2D eigenvalue weighted by molar-refractivity contribution is 6.31. The van der Waals surface area contributed by atoms with Crippen LogP contribution in [0.4, 0.5) is 0 Å². The van der Waals surface area contributed by atoms with Crippen molar-refractivity contribution >= 4 is 28.3 Å². The van der Waals surface area contributed by atoms with E-state index in [4.69, 9.17) is 11.6 Å². The maximum atomic E-state index is 5.92. The predicted molar refractivity (Wildman–Crippen MR) is 55.8 cm³/mol. The number of rotatable bonds is 0. The van der Waals surface area contributed by atoms with Crippen molar-refractivity contribution in [2.24, 2.45) is 0 Å². The number of aromatic nitrogens is 5. The molecule has 6 heteroatoms. The minimum atomic E-state index is 0.643. The lowest BCUT2D eigenvalue weighted by Crippen LogP contribution is -1.96. The van der Waals surface area contributed by atoms with Crippen molar-refractivity contribution in [1.29, 1.82) is 0 Å². The van der Waals surface area contributed by atoms with E-state index in [1.807, 2.05) is 13.0 Å². The van der Waals surface area contributed by atoms with E-state index >= 15 is 0 Å². The van der Waals surface area contributed by atoms with Gasteiger partial charge in [-0.3, -0.25) is 0 Å². The van der Waals surface area contributed by atoms with E-state index in [9.17, 15) is 0 Å². The monoisotopic (exact) mass is 219 g/mol. The number of aryl methyl sites for hydroxylation is 1. The second-order valence-corrected chi connectivity index (χ2v) is 3.68. The third-order valence-electron chi connectivity index (χ3n) is 2.25. The summed E-state index contributed by atoms with van der Waals surface area (Å²) in [4.78, 5) is 4.40. The van der Waals surface area contributed by atoms with Gasteiger partial charge in [0.05, 0.1) is 16.7 Å². The molecule has 0 aliphatic rings. The van der Waals surface area contributed by atoms with Gasteiger partial charge < -0.3 is 0 Å². The van der Waals surface area contributed by atoms with E-state index < -0.39 is 0 Å². The Morgan fingerprint density at radius 3 is 3.07 bits per heavy atom. The molecule has 3 rings (SSSR count). The quantitative estimate of drug-likeness (QED) is 0.577. The van der Waals surface area contributed by atoms with Crippen LogP contribution in [0.15, 0.2) is 18.2 Å². The van der Waals surface area contributed by atoms with Gasteiger partial charge in [-0.05, 0) is 35.5 Å². The Balaban J connectivity index is 2.61. The molecule has 0 bridgehead atoms. The van der Waals surface area contributed by atoms with Crippen LogP contribution in [0.2, 0.25) is 5.02 Å². The van der Waals surface area contributed by atoms with Crippen molar-refractivity contribution in [2.45, 2.75) is 6.92 Å². The summed E-state index contributed by atoms with van der Waals surface area (Å²) in [6.45, 7) is 1.87. The van der Waals surface area contributed by atoms with Gasteiger partial charge in [0.15, 0.2) is 0 Å². The number of fused-ring (bicyclic) bond motifs is 3. The summed E-state index contributed by atoms with van der Waals surface area (Å²) in [7, 11) is 0. The summed E-state index contributed by atoms with van der Waals surface area (Å²) >= 11 is 5.92. The molecule has 2 aromatic heterocycles. The summed E-state index contributed by atoms with van der Waals surface area (Å²) in [6, 6.07) is 5.45. The van der Waals surface area contributed by atoms with Crippen molar-refractivity contribution < 1.29 is 0 Å². The van der Waals surface area contributed by atoms with Crippen molar-refractivity contribution in [3.63, 3.8) is 0 Å². The van der Waals surface area contributed by atoms with Crippen molar-refractivity contribution in [3.05, 3.63) is 28.9 Å². The van der Waals surface area contributed by atoms with Gasteiger partial charge in [-0.1, -0.05) is 11.6 Å². The molecule has 0 fully saturated rings.